The molecule has 2 amide bonds. The van der Waals surface area contributed by atoms with E-state index in [0.29, 0.717) is 10.8 Å². The molecule has 0 saturated carbocycles. The molecule has 2 N–H and O–H groups in total. The summed E-state index contributed by atoms with van der Waals surface area (Å²) in [5.74, 6) is 0.140. The second-order valence-corrected chi connectivity index (χ2v) is 6.94. The van der Waals surface area contributed by atoms with Crippen LogP contribution >= 0.6 is 27.7 Å². The molecule has 132 valence electrons. The van der Waals surface area contributed by atoms with Crippen molar-refractivity contribution in [1.82, 2.24) is 10.2 Å². The van der Waals surface area contributed by atoms with E-state index in [1.54, 1.807) is 24.3 Å². The summed E-state index contributed by atoms with van der Waals surface area (Å²) in [7, 11) is 0. The first-order valence-corrected chi connectivity index (χ1v) is 9.25. The molecule has 9 heteroatoms. The molecule has 0 bridgehead atoms. The van der Waals surface area contributed by atoms with E-state index in [-0.39, 0.29) is 17.4 Å². The Hall–Kier alpha value is -2.65. The highest BCUT2D eigenvalue weighted by Gasteiger charge is 2.10. The van der Waals surface area contributed by atoms with Crippen LogP contribution in [0.4, 0.5) is 11.5 Å². The first-order valence-electron chi connectivity index (χ1n) is 7.47. The van der Waals surface area contributed by atoms with Gasteiger partial charge in [0.05, 0.1) is 12.0 Å². The van der Waals surface area contributed by atoms with Crippen LogP contribution in [0.5, 0.6) is 0 Å². The summed E-state index contributed by atoms with van der Waals surface area (Å²) in [5.41, 5.74) is 0.723. The number of hydrogen-bond donors (Lipinski definition) is 2. The van der Waals surface area contributed by atoms with Crippen molar-refractivity contribution in [2.24, 2.45) is 0 Å². The van der Waals surface area contributed by atoms with Crippen molar-refractivity contribution in [3.8, 4) is 0 Å². The minimum Gasteiger partial charge on any atom is -0.459 e. The number of hydrogen-bond acceptors (Lipinski definition) is 6. The molecule has 0 radical (unpaired) electrons. The number of rotatable bonds is 6. The number of carbonyl (C=O) groups is 2. The van der Waals surface area contributed by atoms with Gasteiger partial charge in [-0.15, -0.1) is 10.2 Å². The molecule has 0 aliphatic heterocycles. The zero-order valence-electron chi connectivity index (χ0n) is 13.3. The zero-order valence-corrected chi connectivity index (χ0v) is 15.7. The minimum absolute atomic E-state index is 0.144. The van der Waals surface area contributed by atoms with Gasteiger partial charge in [-0.2, -0.15) is 0 Å². The number of benzene rings is 1. The van der Waals surface area contributed by atoms with Gasteiger partial charge in [0, 0.05) is 10.2 Å². The van der Waals surface area contributed by atoms with Gasteiger partial charge >= 0.3 is 0 Å². The van der Waals surface area contributed by atoms with Crippen LogP contribution in [0.15, 0.2) is 68.7 Å². The normalized spacial score (nSPS) is 10.3. The van der Waals surface area contributed by atoms with Crippen molar-refractivity contribution in [3.63, 3.8) is 0 Å². The second-order valence-electron chi connectivity index (χ2n) is 5.03. The average Bonchev–Trinajstić information content (AvgIpc) is 3.18. The fraction of sp³-hybridized carbons (Fsp3) is 0.0588. The lowest BCUT2D eigenvalue weighted by molar-refractivity contribution is -0.113. The third kappa shape index (κ3) is 5.17. The van der Waals surface area contributed by atoms with Gasteiger partial charge in [-0.05, 0) is 48.5 Å². The van der Waals surface area contributed by atoms with E-state index >= 15 is 0 Å². The van der Waals surface area contributed by atoms with Crippen molar-refractivity contribution in [2.45, 2.75) is 5.03 Å². The lowest BCUT2D eigenvalue weighted by Crippen LogP contribution is -2.14. The van der Waals surface area contributed by atoms with E-state index in [0.717, 1.165) is 10.2 Å². The third-order valence-corrected chi connectivity index (χ3v) is 4.55. The highest BCUT2D eigenvalue weighted by molar-refractivity contribution is 9.10. The monoisotopic (exact) mass is 432 g/mol. The van der Waals surface area contributed by atoms with Crippen molar-refractivity contribution < 1.29 is 14.0 Å². The van der Waals surface area contributed by atoms with Crippen molar-refractivity contribution in [1.29, 1.82) is 0 Å². The Labute approximate surface area is 161 Å². The highest BCUT2D eigenvalue weighted by atomic mass is 79.9. The topological polar surface area (TPSA) is 97.1 Å². The van der Waals surface area contributed by atoms with E-state index in [1.165, 1.54) is 18.0 Å². The molecule has 26 heavy (non-hydrogen) atoms. The fourth-order valence-corrected chi connectivity index (χ4v) is 2.80. The molecule has 0 atom stereocenters. The van der Waals surface area contributed by atoms with E-state index in [2.05, 4.69) is 36.8 Å². The molecule has 7 nitrogen and oxygen atoms in total. The number of anilines is 2. The molecule has 0 unspecified atom stereocenters. The van der Waals surface area contributed by atoms with Crippen LogP contribution in [0.25, 0.3) is 0 Å². The molecule has 2 heterocycles. The Kier molecular flexibility index (Phi) is 6.03. The quantitative estimate of drug-likeness (QED) is 0.574. The zero-order chi connectivity index (χ0) is 18.4. The van der Waals surface area contributed by atoms with Crippen LogP contribution in [-0.4, -0.2) is 27.8 Å². The molecule has 3 aromatic rings. The van der Waals surface area contributed by atoms with Crippen molar-refractivity contribution >= 4 is 51.0 Å². The van der Waals surface area contributed by atoms with Crippen LogP contribution in [0.3, 0.4) is 0 Å². The predicted molar refractivity (Wildman–Crippen MR) is 102 cm³/mol. The third-order valence-electron chi connectivity index (χ3n) is 3.11. The molecular weight excluding hydrogens is 420 g/mol. The second kappa shape index (κ2) is 8.63. The SMILES string of the molecule is O=C(CSc1ccc(NC(=O)c2ccco2)nn1)Nc1ccc(Br)cc1. The number of thioether (sulfide) groups is 1. The summed E-state index contributed by atoms with van der Waals surface area (Å²) in [5, 5.41) is 13.9. The molecule has 3 rings (SSSR count). The maximum Gasteiger partial charge on any atom is 0.292 e. The van der Waals surface area contributed by atoms with E-state index in [9.17, 15) is 9.59 Å². The summed E-state index contributed by atoms with van der Waals surface area (Å²) >= 11 is 4.59. The number of halogens is 1. The van der Waals surface area contributed by atoms with Gasteiger partial charge in [-0.3, -0.25) is 9.59 Å². The van der Waals surface area contributed by atoms with Gasteiger partial charge in [-0.25, -0.2) is 0 Å². The van der Waals surface area contributed by atoms with E-state index in [4.69, 9.17) is 4.42 Å². The number of nitrogens with zero attached hydrogens (tertiary/aromatic N) is 2. The number of nitrogens with one attached hydrogen (secondary N) is 2. The largest absolute Gasteiger partial charge is 0.459 e. The molecule has 2 aromatic heterocycles. The summed E-state index contributed by atoms with van der Waals surface area (Å²) in [6.45, 7) is 0. The number of furan rings is 1. The smallest absolute Gasteiger partial charge is 0.292 e. The van der Waals surface area contributed by atoms with Gasteiger partial charge in [0.2, 0.25) is 5.91 Å². The van der Waals surface area contributed by atoms with Gasteiger partial charge in [0.25, 0.3) is 5.91 Å². The van der Waals surface area contributed by atoms with Gasteiger partial charge in [0.15, 0.2) is 11.6 Å². The highest BCUT2D eigenvalue weighted by Crippen LogP contribution is 2.18. The summed E-state index contributed by atoms with van der Waals surface area (Å²) < 4.78 is 5.94. The van der Waals surface area contributed by atoms with Crippen LogP contribution in [-0.2, 0) is 4.79 Å². The van der Waals surface area contributed by atoms with Crippen LogP contribution in [0.1, 0.15) is 10.6 Å². The molecule has 0 aliphatic rings. The summed E-state index contributed by atoms with van der Waals surface area (Å²) in [6, 6.07) is 13.8. The first-order chi connectivity index (χ1) is 12.6. The molecule has 0 spiro atoms. The lowest BCUT2D eigenvalue weighted by atomic mass is 10.3. The average molecular weight is 433 g/mol. The molecule has 0 fully saturated rings. The first kappa shape index (κ1) is 18.2. The number of aromatic nitrogens is 2. The van der Waals surface area contributed by atoms with E-state index < -0.39 is 5.91 Å². The summed E-state index contributed by atoms with van der Waals surface area (Å²) in [6.07, 6.45) is 1.42. The molecule has 1 aromatic carbocycles. The Balaban J connectivity index is 1.48. The Morgan fingerprint density at radius 2 is 1.85 bits per heavy atom. The fourth-order valence-electron chi connectivity index (χ4n) is 1.92. The molecule has 0 aliphatic carbocycles. The molecule has 0 saturated heterocycles. The van der Waals surface area contributed by atoms with Crippen LogP contribution in [0.2, 0.25) is 0 Å². The van der Waals surface area contributed by atoms with Gasteiger partial charge in [-0.1, -0.05) is 27.7 Å². The van der Waals surface area contributed by atoms with Gasteiger partial charge < -0.3 is 15.1 Å². The summed E-state index contributed by atoms with van der Waals surface area (Å²) in [4.78, 5) is 23.8. The van der Waals surface area contributed by atoms with E-state index in [1.807, 2.05) is 24.3 Å². The Bertz CT molecular complexity index is 883. The number of carbonyl (C=O) groups excluding carboxylic acids is 2. The van der Waals surface area contributed by atoms with Crippen molar-refractivity contribution in [2.75, 3.05) is 16.4 Å². The maximum atomic E-state index is 12.0. The predicted octanol–water partition coefficient (Wildman–Crippen LogP) is 3.82. The van der Waals surface area contributed by atoms with Crippen LogP contribution < -0.4 is 10.6 Å². The van der Waals surface area contributed by atoms with Crippen LogP contribution in [0, 0.1) is 0 Å². The lowest BCUT2D eigenvalue weighted by Gasteiger charge is -2.05. The maximum absolute atomic E-state index is 12.0. The van der Waals surface area contributed by atoms with Gasteiger partial charge in [0.1, 0.15) is 5.03 Å². The standard InChI is InChI=1S/C17H13BrN4O3S/c18-11-3-5-12(6-4-11)19-15(23)10-26-16-8-7-14(21-22-16)20-17(24)13-2-1-9-25-13/h1-9H,10H2,(H,19,23)(H,20,21,24). The minimum atomic E-state index is -0.404. The molecular formula is C17H13BrN4O3S. The Morgan fingerprint density at radius 3 is 2.50 bits per heavy atom. The Morgan fingerprint density at radius 1 is 1.04 bits per heavy atom. The number of amides is 2. The van der Waals surface area contributed by atoms with Crippen molar-refractivity contribution in [3.05, 3.63) is 65.0 Å².